The molecule has 1 aromatic carbocycles. The molecule has 17 heavy (non-hydrogen) atoms. The zero-order chi connectivity index (χ0) is 12.3. The Morgan fingerprint density at radius 2 is 2.29 bits per heavy atom. The molecule has 0 radical (unpaired) electrons. The Hall–Kier alpha value is -1.00. The van der Waals surface area contributed by atoms with Crippen molar-refractivity contribution in [1.29, 1.82) is 0 Å². The number of ether oxygens (including phenoxy) is 2. The smallest absolute Gasteiger partial charge is 0.139 e. The molecule has 1 heterocycles. The highest BCUT2D eigenvalue weighted by Gasteiger charge is 2.20. The van der Waals surface area contributed by atoms with Crippen LogP contribution >= 0.6 is 15.9 Å². The number of hydrogen-bond donors (Lipinski definition) is 1. The Kier molecular flexibility index (Phi) is 4.07. The quantitative estimate of drug-likeness (QED) is 0.931. The van der Waals surface area contributed by atoms with Crippen molar-refractivity contribution in [1.82, 2.24) is 0 Å². The highest BCUT2D eigenvalue weighted by atomic mass is 79.9. The van der Waals surface area contributed by atoms with Gasteiger partial charge >= 0.3 is 0 Å². The number of halogens is 1. The van der Waals surface area contributed by atoms with Crippen LogP contribution in [0.4, 0.5) is 0 Å². The van der Waals surface area contributed by atoms with Crippen molar-refractivity contribution in [3.05, 3.63) is 40.1 Å². The number of aliphatic hydroxyl groups excluding tert-OH is 1. The zero-order valence-electron chi connectivity index (χ0n) is 9.65. The third kappa shape index (κ3) is 2.82. The summed E-state index contributed by atoms with van der Waals surface area (Å²) in [4.78, 5) is 0. The maximum atomic E-state index is 10.3. The molecule has 1 unspecified atom stereocenters. The summed E-state index contributed by atoms with van der Waals surface area (Å²) >= 11 is 3.37. The van der Waals surface area contributed by atoms with E-state index in [2.05, 4.69) is 15.9 Å². The van der Waals surface area contributed by atoms with Gasteiger partial charge in [-0.3, -0.25) is 0 Å². The second kappa shape index (κ2) is 5.56. The van der Waals surface area contributed by atoms with Crippen molar-refractivity contribution < 1.29 is 14.6 Å². The van der Waals surface area contributed by atoms with E-state index in [0.717, 1.165) is 22.9 Å². The summed E-state index contributed by atoms with van der Waals surface area (Å²) in [5.41, 5.74) is 0.726. The lowest BCUT2D eigenvalue weighted by atomic mass is 10.0. The van der Waals surface area contributed by atoms with Crippen LogP contribution in [0.15, 0.2) is 34.5 Å². The predicted molar refractivity (Wildman–Crippen MR) is 68.9 cm³/mol. The van der Waals surface area contributed by atoms with Gasteiger partial charge in [-0.25, -0.2) is 0 Å². The van der Waals surface area contributed by atoms with Gasteiger partial charge in [-0.1, -0.05) is 22.0 Å². The first kappa shape index (κ1) is 12.5. The van der Waals surface area contributed by atoms with Crippen LogP contribution in [-0.2, 0) is 4.74 Å². The highest BCUT2D eigenvalue weighted by Crippen LogP contribution is 2.33. The molecule has 1 atom stereocenters. The number of methoxy groups -OCH3 is 1. The fourth-order valence-corrected chi connectivity index (χ4v) is 2.17. The van der Waals surface area contributed by atoms with Gasteiger partial charge in [-0.15, -0.1) is 0 Å². The Morgan fingerprint density at radius 3 is 2.94 bits per heavy atom. The summed E-state index contributed by atoms with van der Waals surface area (Å²) in [5, 5.41) is 10.3. The largest absolute Gasteiger partial charge is 0.496 e. The first-order valence-corrected chi connectivity index (χ1v) is 6.36. The summed E-state index contributed by atoms with van der Waals surface area (Å²) in [6.07, 6.45) is 3.15. The van der Waals surface area contributed by atoms with Crippen LogP contribution in [0.3, 0.4) is 0 Å². The van der Waals surface area contributed by atoms with Crippen LogP contribution < -0.4 is 4.74 Å². The van der Waals surface area contributed by atoms with E-state index < -0.39 is 6.10 Å². The molecule has 1 N–H and O–H groups in total. The van der Waals surface area contributed by atoms with Crippen LogP contribution in [0.25, 0.3) is 0 Å². The first-order valence-electron chi connectivity index (χ1n) is 5.56. The van der Waals surface area contributed by atoms with E-state index in [1.807, 2.05) is 24.3 Å². The molecule has 0 saturated heterocycles. The van der Waals surface area contributed by atoms with Gasteiger partial charge in [-0.2, -0.15) is 0 Å². The van der Waals surface area contributed by atoms with E-state index in [0.29, 0.717) is 18.1 Å². The molecule has 0 aromatic heterocycles. The normalized spacial score (nSPS) is 17.0. The predicted octanol–water partition coefficient (Wildman–Crippen LogP) is 3.19. The number of hydrogen-bond acceptors (Lipinski definition) is 3. The van der Waals surface area contributed by atoms with Crippen molar-refractivity contribution in [2.45, 2.75) is 18.9 Å². The van der Waals surface area contributed by atoms with E-state index in [1.165, 1.54) is 0 Å². The Balaban J connectivity index is 2.29. The van der Waals surface area contributed by atoms with E-state index >= 15 is 0 Å². The van der Waals surface area contributed by atoms with Crippen LogP contribution in [0.1, 0.15) is 24.5 Å². The van der Waals surface area contributed by atoms with E-state index in [9.17, 15) is 5.11 Å². The van der Waals surface area contributed by atoms with E-state index in [1.54, 1.807) is 7.11 Å². The second-order valence-electron chi connectivity index (χ2n) is 3.89. The van der Waals surface area contributed by atoms with Crippen molar-refractivity contribution in [2.24, 2.45) is 0 Å². The lowest BCUT2D eigenvalue weighted by molar-refractivity contribution is 0.0902. The maximum Gasteiger partial charge on any atom is 0.139 e. The molecule has 92 valence electrons. The van der Waals surface area contributed by atoms with Crippen LogP contribution in [0.2, 0.25) is 0 Å². The minimum atomic E-state index is -0.752. The average molecular weight is 299 g/mol. The first-order chi connectivity index (χ1) is 8.22. The van der Waals surface area contributed by atoms with Crippen LogP contribution in [0.5, 0.6) is 5.75 Å². The van der Waals surface area contributed by atoms with Crippen LogP contribution in [0, 0.1) is 0 Å². The molecule has 3 nitrogen and oxygen atoms in total. The molecule has 0 spiro atoms. The summed E-state index contributed by atoms with van der Waals surface area (Å²) in [6.45, 7) is 0.668. The second-order valence-corrected chi connectivity index (χ2v) is 4.80. The zero-order valence-corrected chi connectivity index (χ0v) is 11.2. The minimum Gasteiger partial charge on any atom is -0.496 e. The molecule has 2 rings (SSSR count). The van der Waals surface area contributed by atoms with E-state index in [4.69, 9.17) is 9.47 Å². The molecular formula is C13H15BrO3. The molecule has 0 aliphatic carbocycles. The van der Waals surface area contributed by atoms with Gasteiger partial charge in [0, 0.05) is 10.0 Å². The molecular weight excluding hydrogens is 284 g/mol. The standard InChI is InChI=1S/C13H15BrO3/c1-16-12-8-9(14)5-6-10(12)13(15)11-4-2-3-7-17-11/h4-6,8,13,15H,2-3,7H2,1H3. The molecule has 1 aliphatic heterocycles. The molecule has 1 aliphatic rings. The SMILES string of the molecule is COc1cc(Br)ccc1C(O)C1=CCCCO1. The lowest BCUT2D eigenvalue weighted by Crippen LogP contribution is -2.10. The topological polar surface area (TPSA) is 38.7 Å². The summed E-state index contributed by atoms with van der Waals surface area (Å²) in [5.74, 6) is 1.28. The Bertz CT molecular complexity index is 429. The van der Waals surface area contributed by atoms with Crippen molar-refractivity contribution >= 4 is 15.9 Å². The average Bonchev–Trinajstić information content (AvgIpc) is 2.39. The highest BCUT2D eigenvalue weighted by molar-refractivity contribution is 9.10. The lowest BCUT2D eigenvalue weighted by Gasteiger charge is -2.21. The van der Waals surface area contributed by atoms with Gasteiger partial charge in [-0.05, 0) is 31.1 Å². The Labute approximate surface area is 109 Å². The van der Waals surface area contributed by atoms with Crippen molar-refractivity contribution in [3.63, 3.8) is 0 Å². The summed E-state index contributed by atoms with van der Waals surface area (Å²) in [6, 6.07) is 5.55. The van der Waals surface area contributed by atoms with Gasteiger partial charge in [0.2, 0.25) is 0 Å². The molecule has 0 amide bonds. The fourth-order valence-electron chi connectivity index (χ4n) is 1.83. The van der Waals surface area contributed by atoms with Crippen molar-refractivity contribution in [2.75, 3.05) is 13.7 Å². The number of rotatable bonds is 3. The minimum absolute atomic E-state index is 0.622. The number of allylic oxidation sites excluding steroid dienone is 1. The molecule has 0 bridgehead atoms. The fraction of sp³-hybridized carbons (Fsp3) is 0.385. The van der Waals surface area contributed by atoms with Gasteiger partial charge in [0.15, 0.2) is 0 Å². The number of benzene rings is 1. The van der Waals surface area contributed by atoms with Gasteiger partial charge in [0.05, 0.1) is 13.7 Å². The van der Waals surface area contributed by atoms with E-state index in [-0.39, 0.29) is 0 Å². The third-order valence-electron chi connectivity index (χ3n) is 2.72. The summed E-state index contributed by atoms with van der Waals surface area (Å²) < 4.78 is 11.7. The van der Waals surface area contributed by atoms with Gasteiger partial charge in [0.1, 0.15) is 17.6 Å². The summed E-state index contributed by atoms with van der Waals surface area (Å²) in [7, 11) is 1.59. The Morgan fingerprint density at radius 1 is 1.47 bits per heavy atom. The molecule has 4 heteroatoms. The number of aliphatic hydroxyl groups is 1. The molecule has 0 fully saturated rings. The molecule has 0 saturated carbocycles. The van der Waals surface area contributed by atoms with Crippen molar-refractivity contribution in [3.8, 4) is 5.75 Å². The maximum absolute atomic E-state index is 10.3. The monoisotopic (exact) mass is 298 g/mol. The van der Waals surface area contributed by atoms with Gasteiger partial charge in [0.25, 0.3) is 0 Å². The molecule has 1 aromatic rings. The van der Waals surface area contributed by atoms with Crippen LogP contribution in [-0.4, -0.2) is 18.8 Å². The van der Waals surface area contributed by atoms with Gasteiger partial charge < -0.3 is 14.6 Å². The third-order valence-corrected chi connectivity index (χ3v) is 3.22.